The summed E-state index contributed by atoms with van der Waals surface area (Å²) in [5, 5.41) is 0. The van der Waals surface area contributed by atoms with E-state index in [0.29, 0.717) is 30.8 Å². The van der Waals surface area contributed by atoms with Crippen molar-refractivity contribution in [2.45, 2.75) is 24.3 Å². The third-order valence-electron chi connectivity index (χ3n) is 5.50. The van der Waals surface area contributed by atoms with Crippen LogP contribution in [0.5, 0.6) is 5.75 Å². The molecule has 0 unspecified atom stereocenters. The molecule has 172 valence electrons. The zero-order valence-corrected chi connectivity index (χ0v) is 18.6. The number of para-hydroxylation sites is 2. The normalized spacial score (nSPS) is 13.5. The molecule has 3 aromatic rings. The van der Waals surface area contributed by atoms with Gasteiger partial charge in [-0.1, -0.05) is 36.4 Å². The number of benzene rings is 3. The number of fused-ring (bicyclic) bond motifs is 1. The monoisotopic (exact) mass is 472 g/mol. The predicted octanol–water partition coefficient (Wildman–Crippen LogP) is 4.71. The van der Waals surface area contributed by atoms with Crippen LogP contribution >= 0.6 is 0 Å². The molecule has 0 spiro atoms. The molecule has 6 nitrogen and oxygen atoms in total. The number of anilines is 2. The fourth-order valence-electron chi connectivity index (χ4n) is 3.89. The fourth-order valence-corrected chi connectivity index (χ4v) is 5.13. The van der Waals surface area contributed by atoms with Crippen LogP contribution in [0.3, 0.4) is 0 Å². The average molecular weight is 473 g/mol. The highest BCUT2D eigenvalue weighted by molar-refractivity contribution is 7.92. The van der Waals surface area contributed by atoms with E-state index >= 15 is 0 Å². The van der Waals surface area contributed by atoms with E-state index in [9.17, 15) is 22.0 Å². The van der Waals surface area contributed by atoms with Gasteiger partial charge in [-0.15, -0.1) is 0 Å². The zero-order chi connectivity index (χ0) is 23.6. The highest BCUT2D eigenvalue weighted by Crippen LogP contribution is 2.38. The van der Waals surface area contributed by atoms with Gasteiger partial charge in [-0.25, -0.2) is 8.42 Å². The number of alkyl halides is 2. The lowest BCUT2D eigenvalue weighted by molar-refractivity contribution is -0.0495. The molecule has 1 amide bonds. The first kappa shape index (κ1) is 22.7. The van der Waals surface area contributed by atoms with Crippen molar-refractivity contribution >= 4 is 27.3 Å². The van der Waals surface area contributed by atoms with Crippen LogP contribution in [0.2, 0.25) is 0 Å². The van der Waals surface area contributed by atoms with Crippen LogP contribution in [0.1, 0.15) is 22.3 Å². The summed E-state index contributed by atoms with van der Waals surface area (Å²) in [6.45, 7) is -2.73. The Morgan fingerprint density at radius 3 is 2.48 bits per heavy atom. The van der Waals surface area contributed by atoms with Crippen molar-refractivity contribution in [2.75, 3.05) is 22.8 Å². The Hall–Kier alpha value is -3.46. The number of sulfonamides is 1. The lowest BCUT2D eigenvalue weighted by Crippen LogP contribution is -2.36. The van der Waals surface area contributed by atoms with E-state index in [1.165, 1.54) is 42.3 Å². The second-order valence-corrected chi connectivity index (χ2v) is 9.51. The van der Waals surface area contributed by atoms with Crippen LogP contribution < -0.4 is 13.9 Å². The third kappa shape index (κ3) is 4.54. The van der Waals surface area contributed by atoms with E-state index in [2.05, 4.69) is 4.74 Å². The van der Waals surface area contributed by atoms with Gasteiger partial charge in [0.25, 0.3) is 15.9 Å². The number of aryl methyl sites for hydroxylation is 1. The van der Waals surface area contributed by atoms with E-state index in [0.717, 1.165) is 9.87 Å². The lowest BCUT2D eigenvalue weighted by atomic mass is 10.00. The fraction of sp³-hybridized carbons (Fsp3) is 0.208. The predicted molar refractivity (Wildman–Crippen MR) is 122 cm³/mol. The lowest BCUT2D eigenvalue weighted by Gasteiger charge is -2.31. The molecule has 0 atom stereocenters. The van der Waals surface area contributed by atoms with Crippen LogP contribution in [0.25, 0.3) is 0 Å². The molecule has 3 aromatic carbocycles. The van der Waals surface area contributed by atoms with Gasteiger partial charge < -0.3 is 9.64 Å². The summed E-state index contributed by atoms with van der Waals surface area (Å²) < 4.78 is 58.0. The highest BCUT2D eigenvalue weighted by Gasteiger charge is 2.29. The van der Waals surface area contributed by atoms with Crippen molar-refractivity contribution in [3.63, 3.8) is 0 Å². The van der Waals surface area contributed by atoms with Gasteiger partial charge in [0.2, 0.25) is 0 Å². The number of amides is 1. The number of carbonyl (C=O) groups excluding carboxylic acids is 1. The van der Waals surface area contributed by atoms with E-state index in [1.54, 1.807) is 42.5 Å². The Balaban J connectivity index is 1.69. The maximum absolute atomic E-state index is 13.4. The average Bonchev–Trinajstić information content (AvgIpc) is 2.83. The van der Waals surface area contributed by atoms with Gasteiger partial charge in [0.05, 0.1) is 16.3 Å². The Kier molecular flexibility index (Phi) is 6.33. The maximum atomic E-state index is 13.4. The van der Waals surface area contributed by atoms with Crippen LogP contribution in [0.15, 0.2) is 77.7 Å². The highest BCUT2D eigenvalue weighted by atomic mass is 32.2. The molecule has 4 rings (SSSR count). The summed E-state index contributed by atoms with van der Waals surface area (Å²) >= 11 is 0. The molecule has 0 aliphatic carbocycles. The van der Waals surface area contributed by atoms with Gasteiger partial charge in [0.15, 0.2) is 0 Å². The molecule has 0 aromatic heterocycles. The van der Waals surface area contributed by atoms with Gasteiger partial charge in [-0.2, -0.15) is 8.78 Å². The number of carbonyl (C=O) groups is 1. The minimum Gasteiger partial charge on any atom is -0.433 e. The molecular weight excluding hydrogens is 450 g/mol. The number of rotatable bonds is 6. The molecule has 0 saturated heterocycles. The topological polar surface area (TPSA) is 66.9 Å². The molecule has 0 radical (unpaired) electrons. The number of hydrogen-bond acceptors (Lipinski definition) is 4. The van der Waals surface area contributed by atoms with E-state index in [1.807, 2.05) is 0 Å². The minimum absolute atomic E-state index is 0.0472. The Bertz CT molecular complexity index is 1270. The molecule has 0 saturated carbocycles. The van der Waals surface area contributed by atoms with Crippen LogP contribution in [-0.2, 0) is 16.4 Å². The van der Waals surface area contributed by atoms with Gasteiger partial charge in [-0.3, -0.25) is 9.10 Å². The van der Waals surface area contributed by atoms with Crippen LogP contribution in [0.4, 0.5) is 20.2 Å². The van der Waals surface area contributed by atoms with Gasteiger partial charge in [0.1, 0.15) is 5.75 Å². The summed E-state index contributed by atoms with van der Waals surface area (Å²) in [7, 11) is -2.49. The molecule has 1 heterocycles. The summed E-state index contributed by atoms with van der Waals surface area (Å²) in [6, 6.07) is 19.1. The first-order valence-corrected chi connectivity index (χ1v) is 11.8. The zero-order valence-electron chi connectivity index (χ0n) is 17.8. The van der Waals surface area contributed by atoms with E-state index < -0.39 is 22.5 Å². The summed E-state index contributed by atoms with van der Waals surface area (Å²) in [5.41, 5.74) is 1.63. The van der Waals surface area contributed by atoms with Crippen molar-refractivity contribution in [2.24, 2.45) is 0 Å². The number of ether oxygens (including phenoxy) is 1. The summed E-state index contributed by atoms with van der Waals surface area (Å²) in [5.74, 6) is -0.566. The number of nitrogens with zero attached hydrogens (tertiary/aromatic N) is 2. The molecule has 0 bridgehead atoms. The van der Waals surface area contributed by atoms with Gasteiger partial charge in [0, 0.05) is 19.2 Å². The Labute approximate surface area is 191 Å². The molecule has 33 heavy (non-hydrogen) atoms. The van der Waals surface area contributed by atoms with Crippen molar-refractivity contribution in [3.8, 4) is 5.75 Å². The first-order chi connectivity index (χ1) is 15.8. The summed E-state index contributed by atoms with van der Waals surface area (Å²) in [6.07, 6.45) is 1.27. The van der Waals surface area contributed by atoms with Crippen LogP contribution in [-0.4, -0.2) is 34.5 Å². The molecule has 0 N–H and O–H groups in total. The molecular formula is C24H22F2N2O4S. The molecule has 9 heteroatoms. The Morgan fingerprint density at radius 1 is 1.03 bits per heavy atom. The molecule has 1 aliphatic heterocycles. The molecule has 1 aliphatic rings. The second-order valence-electron chi connectivity index (χ2n) is 7.54. The maximum Gasteiger partial charge on any atom is 0.387 e. The second kappa shape index (κ2) is 9.19. The standard InChI is InChI=1S/C24H22F2N2O4S/c1-27(19-11-3-2-4-12-19)33(30,31)20-13-5-9-18(16-20)23(29)28-15-7-10-17-8-6-14-21(22(17)28)32-24(25)26/h2-6,8-9,11-14,16,24H,7,10,15H2,1H3. The SMILES string of the molecule is CN(c1ccccc1)S(=O)(=O)c1cccc(C(=O)N2CCCc3cccc(OC(F)F)c32)c1. The van der Waals surface area contributed by atoms with Crippen molar-refractivity contribution < 1.29 is 26.7 Å². The minimum atomic E-state index is -3.92. The van der Waals surface area contributed by atoms with Crippen molar-refractivity contribution in [1.82, 2.24) is 0 Å². The number of halogens is 2. The van der Waals surface area contributed by atoms with Gasteiger partial charge in [-0.05, 0) is 54.8 Å². The largest absolute Gasteiger partial charge is 0.433 e. The van der Waals surface area contributed by atoms with E-state index in [-0.39, 0.29) is 16.2 Å². The number of hydrogen-bond donors (Lipinski definition) is 0. The van der Waals surface area contributed by atoms with Crippen LogP contribution in [0, 0.1) is 0 Å². The summed E-state index contributed by atoms with van der Waals surface area (Å²) in [4.78, 5) is 14.7. The first-order valence-electron chi connectivity index (χ1n) is 10.3. The smallest absolute Gasteiger partial charge is 0.387 e. The van der Waals surface area contributed by atoms with Gasteiger partial charge >= 0.3 is 6.61 Å². The molecule has 0 fully saturated rings. The van der Waals surface area contributed by atoms with Crippen molar-refractivity contribution in [1.29, 1.82) is 0 Å². The van der Waals surface area contributed by atoms with Crippen molar-refractivity contribution in [3.05, 3.63) is 83.9 Å². The quantitative estimate of drug-likeness (QED) is 0.521. The van der Waals surface area contributed by atoms with E-state index in [4.69, 9.17) is 0 Å². The Morgan fingerprint density at radius 2 is 1.76 bits per heavy atom. The third-order valence-corrected chi connectivity index (χ3v) is 7.28.